The van der Waals surface area contributed by atoms with E-state index in [0.717, 1.165) is 27.3 Å². The maximum Gasteiger partial charge on any atom is 0.154 e. The summed E-state index contributed by atoms with van der Waals surface area (Å²) in [7, 11) is 0. The average Bonchev–Trinajstić information content (AvgIpc) is 2.83. The van der Waals surface area contributed by atoms with Crippen molar-refractivity contribution in [1.29, 1.82) is 0 Å². The van der Waals surface area contributed by atoms with Crippen LogP contribution in [0.5, 0.6) is 0 Å². The average molecular weight is 285 g/mol. The zero-order valence-electron chi connectivity index (χ0n) is 9.44. The van der Waals surface area contributed by atoms with Gasteiger partial charge < -0.3 is 5.32 Å². The van der Waals surface area contributed by atoms with Crippen molar-refractivity contribution < 1.29 is 0 Å². The molecule has 0 aliphatic carbocycles. The third kappa shape index (κ3) is 3.45. The Bertz CT molecular complexity index is 471. The summed E-state index contributed by atoms with van der Waals surface area (Å²) in [5.41, 5.74) is 1.22. The second kappa shape index (κ2) is 6.40. The highest BCUT2D eigenvalue weighted by Crippen LogP contribution is 2.36. The van der Waals surface area contributed by atoms with E-state index in [9.17, 15) is 0 Å². The summed E-state index contributed by atoms with van der Waals surface area (Å²) in [6.45, 7) is 3.89. The zero-order valence-corrected chi connectivity index (χ0v) is 11.8. The first-order valence-electron chi connectivity index (χ1n) is 5.36. The topological polar surface area (TPSA) is 24.9 Å². The lowest BCUT2D eigenvalue weighted by Crippen LogP contribution is -2.12. The standard InChI is InChI=1S/C12H13ClN2S2/c1-2-14-8-9-4-3-5-10(13)11(9)17-12-15-6-7-16-12/h3-7,14H,2,8H2,1H3. The molecule has 0 aliphatic rings. The van der Waals surface area contributed by atoms with E-state index in [1.165, 1.54) is 5.56 Å². The van der Waals surface area contributed by atoms with Gasteiger partial charge in [-0.1, -0.05) is 42.4 Å². The van der Waals surface area contributed by atoms with Crippen LogP contribution < -0.4 is 5.32 Å². The van der Waals surface area contributed by atoms with E-state index in [2.05, 4.69) is 23.3 Å². The molecule has 1 heterocycles. The molecule has 17 heavy (non-hydrogen) atoms. The van der Waals surface area contributed by atoms with E-state index in [1.807, 2.05) is 23.7 Å². The van der Waals surface area contributed by atoms with Crippen LogP contribution in [0, 0.1) is 0 Å². The lowest BCUT2D eigenvalue weighted by Gasteiger charge is -2.09. The molecule has 0 spiro atoms. The van der Waals surface area contributed by atoms with E-state index in [4.69, 9.17) is 11.6 Å². The molecule has 0 bridgehead atoms. The van der Waals surface area contributed by atoms with Crippen molar-refractivity contribution in [3.8, 4) is 0 Å². The fourth-order valence-electron chi connectivity index (χ4n) is 1.41. The Hall–Kier alpha value is -0.550. The summed E-state index contributed by atoms with van der Waals surface area (Å²) in [5, 5.41) is 6.09. The van der Waals surface area contributed by atoms with Crippen LogP contribution in [-0.4, -0.2) is 11.5 Å². The predicted molar refractivity (Wildman–Crippen MR) is 75.1 cm³/mol. The molecule has 90 valence electrons. The summed E-state index contributed by atoms with van der Waals surface area (Å²) < 4.78 is 1.02. The highest BCUT2D eigenvalue weighted by molar-refractivity contribution is 8.01. The largest absolute Gasteiger partial charge is 0.313 e. The summed E-state index contributed by atoms with van der Waals surface area (Å²) in [5.74, 6) is 0. The van der Waals surface area contributed by atoms with Crippen LogP contribution in [0.2, 0.25) is 5.02 Å². The highest BCUT2D eigenvalue weighted by Gasteiger charge is 2.09. The lowest BCUT2D eigenvalue weighted by molar-refractivity contribution is 0.718. The molecule has 0 saturated carbocycles. The first kappa shape index (κ1) is 12.9. The fraction of sp³-hybridized carbons (Fsp3) is 0.250. The van der Waals surface area contributed by atoms with Crippen molar-refractivity contribution >= 4 is 34.7 Å². The third-order valence-electron chi connectivity index (χ3n) is 2.21. The molecule has 1 N–H and O–H groups in total. The summed E-state index contributed by atoms with van der Waals surface area (Å²) in [4.78, 5) is 5.38. The van der Waals surface area contributed by atoms with Gasteiger partial charge in [0.15, 0.2) is 4.34 Å². The van der Waals surface area contributed by atoms with Gasteiger partial charge in [0.05, 0.1) is 5.02 Å². The molecule has 1 aromatic heterocycles. The van der Waals surface area contributed by atoms with Crippen molar-refractivity contribution in [3.05, 3.63) is 40.4 Å². The van der Waals surface area contributed by atoms with E-state index in [1.54, 1.807) is 23.1 Å². The van der Waals surface area contributed by atoms with Crippen LogP contribution in [0.3, 0.4) is 0 Å². The molecule has 0 fully saturated rings. The van der Waals surface area contributed by atoms with Gasteiger partial charge in [0.2, 0.25) is 0 Å². The Morgan fingerprint density at radius 3 is 3.06 bits per heavy atom. The van der Waals surface area contributed by atoms with Gasteiger partial charge in [0, 0.05) is 23.0 Å². The SMILES string of the molecule is CCNCc1cccc(Cl)c1Sc1nccs1. The van der Waals surface area contributed by atoms with Gasteiger partial charge in [-0.15, -0.1) is 11.3 Å². The van der Waals surface area contributed by atoms with Gasteiger partial charge in [-0.05, 0) is 18.2 Å². The Morgan fingerprint density at radius 2 is 2.35 bits per heavy atom. The van der Waals surface area contributed by atoms with Crippen molar-refractivity contribution in [2.75, 3.05) is 6.54 Å². The maximum atomic E-state index is 6.25. The Morgan fingerprint density at radius 1 is 1.47 bits per heavy atom. The summed E-state index contributed by atoms with van der Waals surface area (Å²) in [6.07, 6.45) is 1.81. The van der Waals surface area contributed by atoms with E-state index in [-0.39, 0.29) is 0 Å². The van der Waals surface area contributed by atoms with Gasteiger partial charge in [0.1, 0.15) is 0 Å². The Kier molecular flexibility index (Phi) is 4.86. The summed E-state index contributed by atoms with van der Waals surface area (Å²) in [6, 6.07) is 6.01. The molecule has 0 saturated heterocycles. The smallest absolute Gasteiger partial charge is 0.154 e. The van der Waals surface area contributed by atoms with E-state index < -0.39 is 0 Å². The minimum atomic E-state index is 0.792. The fourth-order valence-corrected chi connectivity index (χ4v) is 3.42. The van der Waals surface area contributed by atoms with Crippen molar-refractivity contribution in [3.63, 3.8) is 0 Å². The molecule has 5 heteroatoms. The molecule has 0 amide bonds. The molecule has 1 aromatic carbocycles. The summed E-state index contributed by atoms with van der Waals surface area (Å²) >= 11 is 9.52. The molecule has 0 radical (unpaired) electrons. The zero-order chi connectivity index (χ0) is 12.1. The van der Waals surface area contributed by atoms with E-state index in [0.29, 0.717) is 0 Å². The monoisotopic (exact) mass is 284 g/mol. The number of hydrogen-bond acceptors (Lipinski definition) is 4. The van der Waals surface area contributed by atoms with Crippen LogP contribution in [-0.2, 0) is 6.54 Å². The number of aromatic nitrogens is 1. The minimum absolute atomic E-state index is 0.792. The molecular weight excluding hydrogens is 272 g/mol. The molecule has 2 aromatic rings. The number of rotatable bonds is 5. The molecule has 0 atom stereocenters. The number of hydrogen-bond donors (Lipinski definition) is 1. The quantitative estimate of drug-likeness (QED) is 0.896. The minimum Gasteiger partial charge on any atom is -0.313 e. The van der Waals surface area contributed by atoms with Crippen molar-refractivity contribution in [2.24, 2.45) is 0 Å². The van der Waals surface area contributed by atoms with Gasteiger partial charge in [-0.25, -0.2) is 4.98 Å². The lowest BCUT2D eigenvalue weighted by atomic mass is 10.2. The highest BCUT2D eigenvalue weighted by atomic mass is 35.5. The predicted octanol–water partition coefficient (Wildman–Crippen LogP) is 4.06. The number of nitrogens with zero attached hydrogens (tertiary/aromatic N) is 1. The van der Waals surface area contributed by atoms with E-state index >= 15 is 0 Å². The van der Waals surface area contributed by atoms with Crippen molar-refractivity contribution in [2.45, 2.75) is 22.7 Å². The number of nitrogens with one attached hydrogen (secondary N) is 1. The number of benzene rings is 1. The molecule has 2 nitrogen and oxygen atoms in total. The Balaban J connectivity index is 2.24. The number of thiazole rings is 1. The van der Waals surface area contributed by atoms with Crippen molar-refractivity contribution in [1.82, 2.24) is 10.3 Å². The second-order valence-corrected chi connectivity index (χ2v) is 5.97. The van der Waals surface area contributed by atoms with Gasteiger partial charge >= 0.3 is 0 Å². The number of halogens is 1. The molecular formula is C12H13ClN2S2. The normalized spacial score (nSPS) is 10.7. The maximum absolute atomic E-state index is 6.25. The Labute approximate surface area is 114 Å². The van der Waals surface area contributed by atoms with Crippen LogP contribution in [0.25, 0.3) is 0 Å². The third-order valence-corrected chi connectivity index (χ3v) is 4.71. The second-order valence-electron chi connectivity index (χ2n) is 3.41. The first-order valence-corrected chi connectivity index (χ1v) is 7.44. The van der Waals surface area contributed by atoms with Crippen LogP contribution in [0.15, 0.2) is 39.0 Å². The molecule has 2 rings (SSSR count). The van der Waals surface area contributed by atoms with Gasteiger partial charge in [-0.2, -0.15) is 0 Å². The van der Waals surface area contributed by atoms with Gasteiger partial charge in [0.25, 0.3) is 0 Å². The van der Waals surface area contributed by atoms with Crippen LogP contribution in [0.1, 0.15) is 12.5 Å². The van der Waals surface area contributed by atoms with Gasteiger partial charge in [-0.3, -0.25) is 0 Å². The first-order chi connectivity index (χ1) is 8.31. The van der Waals surface area contributed by atoms with Crippen LogP contribution in [0.4, 0.5) is 0 Å². The molecule has 0 aliphatic heterocycles. The van der Waals surface area contributed by atoms with Crippen LogP contribution >= 0.6 is 34.7 Å². The molecule has 0 unspecified atom stereocenters.